The Labute approximate surface area is 95.6 Å². The van der Waals surface area contributed by atoms with Crippen molar-refractivity contribution < 1.29 is 9.53 Å². The normalized spacial score (nSPS) is 11.1. The van der Waals surface area contributed by atoms with Crippen LogP contribution in [0.5, 0.6) is 0 Å². The van der Waals surface area contributed by atoms with Crippen molar-refractivity contribution in [1.82, 2.24) is 0 Å². The third kappa shape index (κ3) is 3.32. The van der Waals surface area contributed by atoms with Crippen LogP contribution in [0.4, 0.5) is 5.69 Å². The summed E-state index contributed by atoms with van der Waals surface area (Å²) in [5.41, 5.74) is 7.28. The van der Waals surface area contributed by atoms with E-state index in [0.717, 1.165) is 5.56 Å². The van der Waals surface area contributed by atoms with Gasteiger partial charge in [0.25, 0.3) is 0 Å². The summed E-state index contributed by atoms with van der Waals surface area (Å²) in [7, 11) is 1.38. The highest BCUT2D eigenvalue weighted by molar-refractivity contribution is 5.71. The fourth-order valence-electron chi connectivity index (χ4n) is 1.40. The number of nitrogen functional groups attached to an aromatic ring is 1. The molecule has 84 valence electrons. The molecule has 0 aliphatic heterocycles. The van der Waals surface area contributed by atoms with Gasteiger partial charge < -0.3 is 10.5 Å². The molecular weight excluding hydrogens is 202 g/mol. The Kier molecular flexibility index (Phi) is 4.41. The Bertz CT molecular complexity index is 412. The molecule has 3 heteroatoms. The smallest absolute Gasteiger partial charge is 0.307 e. The van der Waals surface area contributed by atoms with Gasteiger partial charge in [-0.2, -0.15) is 0 Å². The lowest BCUT2D eigenvalue weighted by Gasteiger charge is -2.09. The van der Waals surface area contributed by atoms with E-state index in [9.17, 15) is 4.79 Å². The number of carbonyl (C=O) groups is 1. The molecule has 1 aromatic carbocycles. The minimum Gasteiger partial charge on any atom is -0.469 e. The molecule has 0 radical (unpaired) electrons. The van der Waals surface area contributed by atoms with Crippen LogP contribution in [0, 0.1) is 11.8 Å². The van der Waals surface area contributed by atoms with Crippen LogP contribution >= 0.6 is 0 Å². The van der Waals surface area contributed by atoms with Gasteiger partial charge in [0.15, 0.2) is 0 Å². The highest BCUT2D eigenvalue weighted by Crippen LogP contribution is 2.20. The first-order valence-electron chi connectivity index (χ1n) is 5.02. The molecule has 0 aliphatic carbocycles. The highest BCUT2D eigenvalue weighted by atomic mass is 16.5. The van der Waals surface area contributed by atoms with Crippen molar-refractivity contribution in [1.29, 1.82) is 0 Å². The van der Waals surface area contributed by atoms with Crippen molar-refractivity contribution in [3.05, 3.63) is 29.8 Å². The summed E-state index contributed by atoms with van der Waals surface area (Å²) in [5.74, 6) is 5.43. The number of esters is 1. The van der Waals surface area contributed by atoms with E-state index < -0.39 is 0 Å². The van der Waals surface area contributed by atoms with Gasteiger partial charge in [0.2, 0.25) is 0 Å². The quantitative estimate of drug-likeness (QED) is 0.478. The Morgan fingerprint density at radius 1 is 1.44 bits per heavy atom. The molecule has 1 aromatic rings. The van der Waals surface area contributed by atoms with Crippen molar-refractivity contribution in [3.63, 3.8) is 0 Å². The molecule has 0 spiro atoms. The first kappa shape index (κ1) is 12.1. The maximum Gasteiger partial charge on any atom is 0.307 e. The molecule has 0 amide bonds. The molecular formula is C13H15NO2. The van der Waals surface area contributed by atoms with E-state index in [4.69, 9.17) is 5.73 Å². The maximum atomic E-state index is 11.2. The molecule has 16 heavy (non-hydrogen) atoms. The zero-order chi connectivity index (χ0) is 12.0. The number of methoxy groups -OCH3 is 1. The second-order valence-corrected chi connectivity index (χ2v) is 3.39. The first-order chi connectivity index (χ1) is 7.67. The molecule has 0 bridgehead atoms. The minimum atomic E-state index is -0.260. The molecule has 0 unspecified atom stereocenters. The Morgan fingerprint density at radius 3 is 2.56 bits per heavy atom. The van der Waals surface area contributed by atoms with Crippen LogP contribution in [0.2, 0.25) is 0 Å². The zero-order valence-corrected chi connectivity index (χ0v) is 9.49. The van der Waals surface area contributed by atoms with Gasteiger partial charge in [-0.25, -0.2) is 0 Å². The van der Waals surface area contributed by atoms with Gasteiger partial charge in [-0.1, -0.05) is 18.1 Å². The number of benzene rings is 1. The summed E-state index contributed by atoms with van der Waals surface area (Å²) in [6.45, 7) is 1.75. The lowest BCUT2D eigenvalue weighted by Crippen LogP contribution is -2.07. The van der Waals surface area contributed by atoms with Crippen LogP contribution < -0.4 is 5.73 Å². The lowest BCUT2D eigenvalue weighted by atomic mass is 9.96. The topological polar surface area (TPSA) is 52.3 Å². The van der Waals surface area contributed by atoms with Gasteiger partial charge >= 0.3 is 5.97 Å². The fourth-order valence-corrected chi connectivity index (χ4v) is 1.40. The van der Waals surface area contributed by atoms with Crippen molar-refractivity contribution in [3.8, 4) is 11.8 Å². The fraction of sp³-hybridized carbons (Fsp3) is 0.308. The van der Waals surface area contributed by atoms with Crippen LogP contribution in [-0.4, -0.2) is 13.1 Å². The van der Waals surface area contributed by atoms with Crippen LogP contribution in [0.25, 0.3) is 0 Å². The summed E-state index contributed by atoms with van der Waals surface area (Å²) < 4.78 is 4.64. The predicted octanol–water partition coefficient (Wildman–Crippen LogP) is 1.94. The molecule has 0 fully saturated rings. The van der Waals surface area contributed by atoms with Crippen molar-refractivity contribution >= 4 is 11.7 Å². The summed E-state index contributed by atoms with van der Waals surface area (Å²) in [6, 6.07) is 7.37. The average Bonchev–Trinajstić information content (AvgIpc) is 2.29. The number of nitrogens with two attached hydrogens (primary N) is 1. The highest BCUT2D eigenvalue weighted by Gasteiger charge is 2.13. The summed E-state index contributed by atoms with van der Waals surface area (Å²) >= 11 is 0. The van der Waals surface area contributed by atoms with Crippen LogP contribution in [0.15, 0.2) is 24.3 Å². The van der Waals surface area contributed by atoms with Gasteiger partial charge in [-0.05, 0) is 24.6 Å². The number of hydrogen-bond acceptors (Lipinski definition) is 3. The number of carbonyl (C=O) groups excluding carboxylic acids is 1. The SMILES string of the molecule is CC#C[C@@H](CC(=O)OC)c1ccc(N)cc1. The van der Waals surface area contributed by atoms with Crippen molar-refractivity contribution in [2.24, 2.45) is 0 Å². The summed E-state index contributed by atoms with van der Waals surface area (Å²) in [6.07, 6.45) is 0.265. The average molecular weight is 217 g/mol. The molecule has 3 nitrogen and oxygen atoms in total. The Hall–Kier alpha value is -1.95. The minimum absolute atomic E-state index is 0.127. The molecule has 0 aromatic heterocycles. The predicted molar refractivity (Wildman–Crippen MR) is 63.7 cm³/mol. The molecule has 1 atom stereocenters. The Morgan fingerprint density at radius 2 is 2.06 bits per heavy atom. The summed E-state index contributed by atoms with van der Waals surface area (Å²) in [4.78, 5) is 11.2. The van der Waals surface area contributed by atoms with E-state index in [1.807, 2.05) is 12.1 Å². The molecule has 0 saturated carbocycles. The van der Waals surface area contributed by atoms with Crippen molar-refractivity contribution in [2.75, 3.05) is 12.8 Å². The molecule has 0 saturated heterocycles. The standard InChI is InChI=1S/C13H15NO2/c1-3-4-11(9-13(15)16-2)10-5-7-12(14)8-6-10/h5-8,11H,9,14H2,1-2H3/t11-/m0/s1. The van der Waals surface area contributed by atoms with E-state index in [1.54, 1.807) is 19.1 Å². The van der Waals surface area contributed by atoms with E-state index >= 15 is 0 Å². The van der Waals surface area contributed by atoms with Gasteiger partial charge in [0.1, 0.15) is 0 Å². The number of ether oxygens (including phenoxy) is 1. The van der Waals surface area contributed by atoms with Gasteiger partial charge in [0.05, 0.1) is 19.4 Å². The largest absolute Gasteiger partial charge is 0.469 e. The molecule has 1 rings (SSSR count). The van der Waals surface area contributed by atoms with Crippen LogP contribution in [0.3, 0.4) is 0 Å². The lowest BCUT2D eigenvalue weighted by molar-refractivity contribution is -0.140. The third-order valence-corrected chi connectivity index (χ3v) is 2.26. The monoisotopic (exact) mass is 217 g/mol. The molecule has 0 heterocycles. The molecule has 2 N–H and O–H groups in total. The number of hydrogen-bond donors (Lipinski definition) is 1. The van der Waals surface area contributed by atoms with E-state index in [1.165, 1.54) is 7.11 Å². The van der Waals surface area contributed by atoms with Crippen molar-refractivity contribution in [2.45, 2.75) is 19.3 Å². The van der Waals surface area contributed by atoms with E-state index in [2.05, 4.69) is 16.6 Å². The van der Waals surface area contributed by atoms with Crippen LogP contribution in [0.1, 0.15) is 24.8 Å². The number of anilines is 1. The molecule has 0 aliphatic rings. The second-order valence-electron chi connectivity index (χ2n) is 3.39. The second kappa shape index (κ2) is 5.82. The Balaban J connectivity index is 2.88. The zero-order valence-electron chi connectivity index (χ0n) is 9.49. The van der Waals surface area contributed by atoms with E-state index in [0.29, 0.717) is 5.69 Å². The first-order valence-corrected chi connectivity index (χ1v) is 5.02. The third-order valence-electron chi connectivity index (χ3n) is 2.26. The summed E-state index contributed by atoms with van der Waals surface area (Å²) in [5, 5.41) is 0. The van der Waals surface area contributed by atoms with Gasteiger partial charge in [0, 0.05) is 5.69 Å². The van der Waals surface area contributed by atoms with E-state index in [-0.39, 0.29) is 18.3 Å². The van der Waals surface area contributed by atoms with Gasteiger partial charge in [-0.3, -0.25) is 4.79 Å². The maximum absolute atomic E-state index is 11.2. The van der Waals surface area contributed by atoms with Crippen LogP contribution in [-0.2, 0) is 9.53 Å². The number of rotatable bonds is 3. The van der Waals surface area contributed by atoms with Gasteiger partial charge in [-0.15, -0.1) is 5.92 Å².